The molecule has 5 heteroatoms. The van der Waals surface area contributed by atoms with Crippen molar-refractivity contribution in [2.24, 2.45) is 0 Å². The smallest absolute Gasteiger partial charge is 0.255 e. The standard InChI is InChI=1S/C13H9BrClNO2/c14-11-7-9(15)4-5-12(11)16-13(18)8-2-1-3-10(17)6-8/h1-7,17H,(H,16,18). The van der Waals surface area contributed by atoms with Gasteiger partial charge in [-0.3, -0.25) is 4.79 Å². The van der Waals surface area contributed by atoms with Gasteiger partial charge in [0.05, 0.1) is 5.69 Å². The van der Waals surface area contributed by atoms with E-state index in [1.54, 1.807) is 30.3 Å². The number of aromatic hydroxyl groups is 1. The van der Waals surface area contributed by atoms with Crippen molar-refractivity contribution in [3.63, 3.8) is 0 Å². The van der Waals surface area contributed by atoms with E-state index in [4.69, 9.17) is 11.6 Å². The van der Waals surface area contributed by atoms with Gasteiger partial charge in [0.2, 0.25) is 0 Å². The topological polar surface area (TPSA) is 49.3 Å². The summed E-state index contributed by atoms with van der Waals surface area (Å²) in [6.07, 6.45) is 0. The number of hydrogen-bond acceptors (Lipinski definition) is 2. The summed E-state index contributed by atoms with van der Waals surface area (Å²) in [6.45, 7) is 0. The molecule has 0 bridgehead atoms. The van der Waals surface area contributed by atoms with E-state index in [0.717, 1.165) is 0 Å². The molecule has 0 heterocycles. The Morgan fingerprint density at radius 1 is 1.22 bits per heavy atom. The van der Waals surface area contributed by atoms with Crippen LogP contribution in [0.5, 0.6) is 5.75 Å². The predicted octanol–water partition coefficient (Wildman–Crippen LogP) is 4.06. The maximum Gasteiger partial charge on any atom is 0.255 e. The predicted molar refractivity (Wildman–Crippen MR) is 75.2 cm³/mol. The Labute approximate surface area is 118 Å². The van der Waals surface area contributed by atoms with Crippen molar-refractivity contribution in [3.05, 3.63) is 57.5 Å². The lowest BCUT2D eigenvalue weighted by atomic mass is 10.2. The van der Waals surface area contributed by atoms with Gasteiger partial charge in [0.1, 0.15) is 5.75 Å². The second kappa shape index (κ2) is 5.42. The minimum Gasteiger partial charge on any atom is -0.508 e. The molecule has 0 aliphatic heterocycles. The fourth-order valence-corrected chi connectivity index (χ4v) is 2.21. The van der Waals surface area contributed by atoms with Crippen LogP contribution in [0.15, 0.2) is 46.9 Å². The number of rotatable bonds is 2. The Hall–Kier alpha value is -1.52. The number of halogens is 2. The highest BCUT2D eigenvalue weighted by molar-refractivity contribution is 9.10. The molecule has 1 amide bonds. The number of benzene rings is 2. The summed E-state index contributed by atoms with van der Waals surface area (Å²) in [5.74, 6) is -0.244. The Bertz CT molecular complexity index is 601. The molecule has 0 atom stereocenters. The molecule has 0 saturated heterocycles. The fourth-order valence-electron chi connectivity index (χ4n) is 1.43. The van der Waals surface area contributed by atoms with Crippen LogP contribution in [0.2, 0.25) is 5.02 Å². The first-order valence-corrected chi connectivity index (χ1v) is 6.29. The lowest BCUT2D eigenvalue weighted by Crippen LogP contribution is -2.11. The van der Waals surface area contributed by atoms with E-state index in [9.17, 15) is 9.90 Å². The van der Waals surface area contributed by atoms with E-state index < -0.39 is 0 Å². The van der Waals surface area contributed by atoms with Gasteiger partial charge in [-0.05, 0) is 52.3 Å². The first-order chi connectivity index (χ1) is 8.56. The SMILES string of the molecule is O=C(Nc1ccc(Cl)cc1Br)c1cccc(O)c1. The Morgan fingerprint density at radius 2 is 2.00 bits per heavy atom. The molecule has 3 nitrogen and oxygen atoms in total. The van der Waals surface area contributed by atoms with Gasteiger partial charge in [-0.2, -0.15) is 0 Å². The molecule has 2 rings (SSSR count). The van der Waals surface area contributed by atoms with Crippen LogP contribution in [-0.2, 0) is 0 Å². The molecule has 0 aliphatic carbocycles. The summed E-state index contributed by atoms with van der Waals surface area (Å²) in [7, 11) is 0. The lowest BCUT2D eigenvalue weighted by Gasteiger charge is -2.07. The summed E-state index contributed by atoms with van der Waals surface area (Å²) in [5.41, 5.74) is 1.00. The van der Waals surface area contributed by atoms with Gasteiger partial charge < -0.3 is 10.4 Å². The van der Waals surface area contributed by atoms with E-state index >= 15 is 0 Å². The third kappa shape index (κ3) is 3.03. The molecule has 0 fully saturated rings. The zero-order valence-electron chi connectivity index (χ0n) is 9.15. The van der Waals surface area contributed by atoms with Crippen molar-refractivity contribution in [2.75, 3.05) is 5.32 Å². The highest BCUT2D eigenvalue weighted by atomic mass is 79.9. The van der Waals surface area contributed by atoms with E-state index in [1.807, 2.05) is 0 Å². The summed E-state index contributed by atoms with van der Waals surface area (Å²) < 4.78 is 0.698. The molecule has 2 aromatic carbocycles. The zero-order valence-corrected chi connectivity index (χ0v) is 11.5. The third-order valence-corrected chi connectivity index (χ3v) is 3.18. The quantitative estimate of drug-likeness (QED) is 0.874. The summed E-state index contributed by atoms with van der Waals surface area (Å²) in [5, 5.41) is 12.6. The number of hydrogen-bond donors (Lipinski definition) is 2. The Balaban J connectivity index is 2.21. The van der Waals surface area contributed by atoms with Crippen LogP contribution < -0.4 is 5.32 Å². The van der Waals surface area contributed by atoms with Crippen LogP contribution in [0, 0.1) is 0 Å². The molecule has 0 aliphatic rings. The fraction of sp³-hybridized carbons (Fsp3) is 0. The van der Waals surface area contributed by atoms with Crippen LogP contribution in [0.1, 0.15) is 10.4 Å². The first kappa shape index (κ1) is 12.9. The van der Waals surface area contributed by atoms with E-state index in [0.29, 0.717) is 20.7 Å². The number of amides is 1. The largest absolute Gasteiger partial charge is 0.508 e. The molecule has 18 heavy (non-hydrogen) atoms. The minimum atomic E-state index is -0.297. The van der Waals surface area contributed by atoms with Gasteiger partial charge in [-0.25, -0.2) is 0 Å². The number of anilines is 1. The van der Waals surface area contributed by atoms with E-state index in [-0.39, 0.29) is 11.7 Å². The second-order valence-corrected chi connectivity index (χ2v) is 4.92. The molecule has 0 saturated carbocycles. The number of phenols is 1. The Kier molecular flexibility index (Phi) is 3.89. The van der Waals surface area contributed by atoms with Gasteiger partial charge in [0.25, 0.3) is 5.91 Å². The summed E-state index contributed by atoms with van der Waals surface area (Å²) in [6, 6.07) is 11.2. The number of phenolic OH excluding ortho intramolecular Hbond substituents is 1. The molecule has 92 valence electrons. The third-order valence-electron chi connectivity index (χ3n) is 2.29. The molecule has 0 unspecified atom stereocenters. The Morgan fingerprint density at radius 3 is 2.67 bits per heavy atom. The maximum atomic E-state index is 11.9. The van der Waals surface area contributed by atoms with Crippen molar-refractivity contribution < 1.29 is 9.90 Å². The summed E-state index contributed by atoms with van der Waals surface area (Å²) in [4.78, 5) is 11.9. The van der Waals surface area contributed by atoms with Crippen LogP contribution in [-0.4, -0.2) is 11.0 Å². The number of carbonyl (C=O) groups excluding carboxylic acids is 1. The van der Waals surface area contributed by atoms with Gasteiger partial charge in [0, 0.05) is 15.1 Å². The van der Waals surface area contributed by atoms with Crippen molar-refractivity contribution >= 4 is 39.1 Å². The highest BCUT2D eigenvalue weighted by Gasteiger charge is 2.08. The lowest BCUT2D eigenvalue weighted by molar-refractivity contribution is 0.102. The molecule has 0 radical (unpaired) electrons. The zero-order chi connectivity index (χ0) is 13.1. The molecular formula is C13H9BrClNO2. The molecular weight excluding hydrogens is 318 g/mol. The van der Waals surface area contributed by atoms with Crippen molar-refractivity contribution in [2.45, 2.75) is 0 Å². The maximum absolute atomic E-state index is 11.9. The molecule has 0 aromatic heterocycles. The van der Waals surface area contributed by atoms with Gasteiger partial charge >= 0.3 is 0 Å². The van der Waals surface area contributed by atoms with Crippen LogP contribution in [0.25, 0.3) is 0 Å². The van der Waals surface area contributed by atoms with Crippen molar-refractivity contribution in [1.29, 1.82) is 0 Å². The van der Waals surface area contributed by atoms with Crippen molar-refractivity contribution in [3.8, 4) is 5.75 Å². The van der Waals surface area contributed by atoms with Crippen molar-refractivity contribution in [1.82, 2.24) is 0 Å². The highest BCUT2D eigenvalue weighted by Crippen LogP contribution is 2.26. The second-order valence-electron chi connectivity index (χ2n) is 3.63. The average molecular weight is 327 g/mol. The molecule has 2 N–H and O–H groups in total. The average Bonchev–Trinajstić information content (AvgIpc) is 2.32. The van der Waals surface area contributed by atoms with Crippen LogP contribution in [0.3, 0.4) is 0 Å². The van der Waals surface area contributed by atoms with Crippen LogP contribution in [0.4, 0.5) is 5.69 Å². The van der Waals surface area contributed by atoms with Gasteiger partial charge in [0.15, 0.2) is 0 Å². The van der Waals surface area contributed by atoms with Gasteiger partial charge in [-0.1, -0.05) is 17.7 Å². The van der Waals surface area contributed by atoms with E-state index in [2.05, 4.69) is 21.2 Å². The molecule has 2 aromatic rings. The number of nitrogens with one attached hydrogen (secondary N) is 1. The normalized spacial score (nSPS) is 10.1. The van der Waals surface area contributed by atoms with Crippen LogP contribution >= 0.6 is 27.5 Å². The van der Waals surface area contributed by atoms with Gasteiger partial charge in [-0.15, -0.1) is 0 Å². The summed E-state index contributed by atoms with van der Waals surface area (Å²) >= 11 is 9.13. The molecule has 0 spiro atoms. The minimum absolute atomic E-state index is 0.0535. The first-order valence-electron chi connectivity index (χ1n) is 5.12. The number of carbonyl (C=O) groups is 1. The van der Waals surface area contributed by atoms with E-state index in [1.165, 1.54) is 12.1 Å². The monoisotopic (exact) mass is 325 g/mol.